The van der Waals surface area contributed by atoms with Crippen molar-refractivity contribution in [2.45, 2.75) is 26.3 Å². The van der Waals surface area contributed by atoms with Gasteiger partial charge < -0.3 is 10.2 Å². The van der Waals surface area contributed by atoms with Gasteiger partial charge in [-0.2, -0.15) is 0 Å². The fourth-order valence-electron chi connectivity index (χ4n) is 2.72. The number of nitrogens with zero attached hydrogens (tertiary/aromatic N) is 2. The Hall–Kier alpha value is -1.87. The highest BCUT2D eigenvalue weighted by atomic mass is 15.2. The Morgan fingerprint density at radius 1 is 1.20 bits per heavy atom. The van der Waals surface area contributed by atoms with Gasteiger partial charge in [-0.25, -0.2) is 4.98 Å². The van der Waals surface area contributed by atoms with E-state index in [9.17, 15) is 0 Å². The van der Waals surface area contributed by atoms with Crippen LogP contribution in [0.25, 0.3) is 0 Å². The first-order valence-electron chi connectivity index (χ1n) is 7.39. The molecule has 3 nitrogen and oxygen atoms in total. The lowest BCUT2D eigenvalue weighted by molar-refractivity contribution is 0.722. The third kappa shape index (κ3) is 2.68. The maximum atomic E-state index is 4.64. The third-order valence-corrected chi connectivity index (χ3v) is 3.78. The van der Waals surface area contributed by atoms with Gasteiger partial charge in [-0.05, 0) is 42.6 Å². The summed E-state index contributed by atoms with van der Waals surface area (Å²) in [7, 11) is 0. The average Bonchev–Trinajstić information content (AvgIpc) is 2.53. The smallest absolute Gasteiger partial charge is 0.132 e. The number of pyridine rings is 1. The molecule has 1 aromatic carbocycles. The monoisotopic (exact) mass is 267 g/mol. The number of rotatable bonds is 4. The van der Waals surface area contributed by atoms with Crippen molar-refractivity contribution < 1.29 is 0 Å². The Bertz CT molecular complexity index is 563. The zero-order chi connectivity index (χ0) is 13.8. The second-order valence-electron chi connectivity index (χ2n) is 5.19. The van der Waals surface area contributed by atoms with E-state index < -0.39 is 0 Å². The van der Waals surface area contributed by atoms with Crippen LogP contribution in [0.15, 0.2) is 42.6 Å². The predicted molar refractivity (Wildman–Crippen MR) is 83.4 cm³/mol. The number of aromatic nitrogens is 1. The van der Waals surface area contributed by atoms with Crippen molar-refractivity contribution in [3.8, 4) is 0 Å². The summed E-state index contributed by atoms with van der Waals surface area (Å²) in [6.45, 7) is 5.05. The third-order valence-electron chi connectivity index (χ3n) is 3.78. The standard InChI is InChI=1S/C17H21N3/c1-2-18-12-14-9-10-17(19-13-14)20-11-5-7-15-6-3-4-8-16(15)20/h3-4,6,8-10,13,18H,2,5,7,11-12H2,1H3. The predicted octanol–water partition coefficient (Wildman–Crippen LogP) is 3.28. The van der Waals surface area contributed by atoms with Gasteiger partial charge in [-0.15, -0.1) is 0 Å². The number of hydrogen-bond acceptors (Lipinski definition) is 3. The van der Waals surface area contributed by atoms with Crippen molar-refractivity contribution in [3.05, 3.63) is 53.7 Å². The maximum Gasteiger partial charge on any atom is 0.132 e. The van der Waals surface area contributed by atoms with Gasteiger partial charge in [0, 0.05) is 25.0 Å². The van der Waals surface area contributed by atoms with Gasteiger partial charge in [0.25, 0.3) is 0 Å². The van der Waals surface area contributed by atoms with Crippen molar-refractivity contribution in [1.82, 2.24) is 10.3 Å². The van der Waals surface area contributed by atoms with E-state index >= 15 is 0 Å². The van der Waals surface area contributed by atoms with Gasteiger partial charge in [0.2, 0.25) is 0 Å². The molecule has 0 atom stereocenters. The number of aryl methyl sites for hydroxylation is 1. The Kier molecular flexibility index (Phi) is 3.97. The van der Waals surface area contributed by atoms with Crippen LogP contribution in [0, 0.1) is 0 Å². The number of anilines is 2. The van der Waals surface area contributed by atoms with E-state index in [1.54, 1.807) is 0 Å². The Balaban J connectivity index is 1.83. The largest absolute Gasteiger partial charge is 0.326 e. The van der Waals surface area contributed by atoms with Gasteiger partial charge in [0.05, 0.1) is 0 Å². The van der Waals surface area contributed by atoms with Crippen LogP contribution in [0.5, 0.6) is 0 Å². The molecule has 1 aromatic heterocycles. The van der Waals surface area contributed by atoms with Crippen LogP contribution in [0.1, 0.15) is 24.5 Å². The average molecular weight is 267 g/mol. The normalized spacial score (nSPS) is 14.2. The molecule has 104 valence electrons. The van der Waals surface area contributed by atoms with E-state index in [1.807, 2.05) is 6.20 Å². The molecule has 3 rings (SSSR count). The highest BCUT2D eigenvalue weighted by Crippen LogP contribution is 2.31. The van der Waals surface area contributed by atoms with E-state index in [4.69, 9.17) is 0 Å². The lowest BCUT2D eigenvalue weighted by atomic mass is 10.0. The number of benzene rings is 1. The van der Waals surface area contributed by atoms with Crippen LogP contribution in [0.4, 0.5) is 11.5 Å². The summed E-state index contributed by atoms with van der Waals surface area (Å²) < 4.78 is 0. The molecule has 1 aliphatic rings. The Morgan fingerprint density at radius 2 is 2.10 bits per heavy atom. The molecular weight excluding hydrogens is 246 g/mol. The quantitative estimate of drug-likeness (QED) is 0.921. The zero-order valence-corrected chi connectivity index (χ0v) is 12.0. The number of para-hydroxylation sites is 1. The fourth-order valence-corrected chi connectivity index (χ4v) is 2.72. The van der Waals surface area contributed by atoms with Crippen LogP contribution in [-0.4, -0.2) is 18.1 Å². The Labute approximate surface area is 120 Å². The van der Waals surface area contributed by atoms with Crippen LogP contribution in [0.2, 0.25) is 0 Å². The first-order valence-corrected chi connectivity index (χ1v) is 7.39. The second-order valence-corrected chi connectivity index (χ2v) is 5.19. The van der Waals surface area contributed by atoms with Gasteiger partial charge >= 0.3 is 0 Å². The summed E-state index contributed by atoms with van der Waals surface area (Å²) in [6.07, 6.45) is 4.35. The second kappa shape index (κ2) is 6.06. The molecule has 0 saturated heterocycles. The molecular formula is C17H21N3. The SMILES string of the molecule is CCNCc1ccc(N2CCCc3ccccc32)nc1. The molecule has 2 aromatic rings. The summed E-state index contributed by atoms with van der Waals surface area (Å²) in [6, 6.07) is 13.0. The molecule has 0 unspecified atom stereocenters. The van der Waals surface area contributed by atoms with Crippen LogP contribution in [0.3, 0.4) is 0 Å². The summed E-state index contributed by atoms with van der Waals surface area (Å²) in [5.74, 6) is 1.05. The number of hydrogen-bond donors (Lipinski definition) is 1. The van der Waals surface area contributed by atoms with Crippen LogP contribution < -0.4 is 10.2 Å². The first-order chi connectivity index (χ1) is 9.88. The van der Waals surface area contributed by atoms with Crippen molar-refractivity contribution in [2.24, 2.45) is 0 Å². The minimum atomic E-state index is 0.889. The highest BCUT2D eigenvalue weighted by molar-refractivity contribution is 5.65. The van der Waals surface area contributed by atoms with Crippen molar-refractivity contribution in [3.63, 3.8) is 0 Å². The molecule has 2 heterocycles. The zero-order valence-electron chi connectivity index (χ0n) is 12.0. The van der Waals surface area contributed by atoms with Crippen LogP contribution >= 0.6 is 0 Å². The molecule has 1 aliphatic heterocycles. The molecule has 0 saturated carbocycles. The van der Waals surface area contributed by atoms with Gasteiger partial charge in [0.1, 0.15) is 5.82 Å². The number of nitrogens with one attached hydrogen (secondary N) is 1. The number of fused-ring (bicyclic) bond motifs is 1. The summed E-state index contributed by atoms with van der Waals surface area (Å²) in [5.41, 5.74) is 3.98. The highest BCUT2D eigenvalue weighted by Gasteiger charge is 2.18. The summed E-state index contributed by atoms with van der Waals surface area (Å²) in [4.78, 5) is 6.97. The van der Waals surface area contributed by atoms with Crippen molar-refractivity contribution in [2.75, 3.05) is 18.0 Å². The molecule has 3 heteroatoms. The maximum absolute atomic E-state index is 4.64. The summed E-state index contributed by atoms with van der Waals surface area (Å²) in [5, 5.41) is 3.33. The lowest BCUT2D eigenvalue weighted by Crippen LogP contribution is -2.25. The minimum absolute atomic E-state index is 0.889. The Morgan fingerprint density at radius 3 is 2.90 bits per heavy atom. The van der Waals surface area contributed by atoms with Crippen molar-refractivity contribution in [1.29, 1.82) is 0 Å². The van der Waals surface area contributed by atoms with E-state index in [1.165, 1.54) is 29.7 Å². The molecule has 0 radical (unpaired) electrons. The molecule has 0 amide bonds. The van der Waals surface area contributed by atoms with Gasteiger partial charge in [-0.3, -0.25) is 0 Å². The van der Waals surface area contributed by atoms with E-state index in [2.05, 4.69) is 58.5 Å². The fraction of sp³-hybridized carbons (Fsp3) is 0.353. The molecule has 0 fully saturated rings. The lowest BCUT2D eigenvalue weighted by Gasteiger charge is -2.30. The molecule has 0 aliphatic carbocycles. The van der Waals surface area contributed by atoms with E-state index in [0.29, 0.717) is 0 Å². The van der Waals surface area contributed by atoms with E-state index in [0.717, 1.165) is 25.5 Å². The molecule has 1 N–H and O–H groups in total. The molecule has 20 heavy (non-hydrogen) atoms. The van der Waals surface area contributed by atoms with Crippen LogP contribution in [-0.2, 0) is 13.0 Å². The summed E-state index contributed by atoms with van der Waals surface area (Å²) >= 11 is 0. The minimum Gasteiger partial charge on any atom is -0.326 e. The molecule has 0 bridgehead atoms. The molecule has 0 spiro atoms. The topological polar surface area (TPSA) is 28.2 Å². The van der Waals surface area contributed by atoms with Gasteiger partial charge in [-0.1, -0.05) is 31.2 Å². The van der Waals surface area contributed by atoms with Crippen molar-refractivity contribution >= 4 is 11.5 Å². The van der Waals surface area contributed by atoms with Gasteiger partial charge in [0.15, 0.2) is 0 Å². The first kappa shape index (κ1) is 13.1. The van der Waals surface area contributed by atoms with E-state index in [-0.39, 0.29) is 0 Å².